The van der Waals surface area contributed by atoms with Gasteiger partial charge < -0.3 is 14.5 Å². The van der Waals surface area contributed by atoms with Gasteiger partial charge in [0, 0.05) is 103 Å². The Morgan fingerprint density at radius 3 is 1.31 bits per heavy atom. The number of benzene rings is 19. The second kappa shape index (κ2) is 34.6. The molecule has 0 bridgehead atoms. The van der Waals surface area contributed by atoms with E-state index in [9.17, 15) is 0 Å². The molecule has 0 atom stereocenters. The van der Waals surface area contributed by atoms with Crippen LogP contribution in [0.4, 0.5) is 17.1 Å². The Labute approximate surface area is 755 Å². The smallest absolute Gasteiger partial charge is 0.0970 e. The van der Waals surface area contributed by atoms with Crippen molar-refractivity contribution in [3.05, 3.63) is 514 Å². The van der Waals surface area contributed by atoms with Crippen molar-refractivity contribution in [3.63, 3.8) is 0 Å². The Hall–Kier alpha value is -15.6. The fraction of sp³-hybridized carbons (Fsp3) is 0.00833. The van der Waals surface area contributed by atoms with Gasteiger partial charge in [-0.1, -0.05) is 352 Å². The van der Waals surface area contributed by atoms with E-state index in [0.717, 1.165) is 50.1 Å². The van der Waals surface area contributed by atoms with E-state index < -0.39 is 5.41 Å². The first-order chi connectivity index (χ1) is 62.6. The molecule has 5 aromatic heterocycles. The molecule has 19 aromatic carbocycles. The van der Waals surface area contributed by atoms with Gasteiger partial charge in [0.25, 0.3) is 0 Å². The zero-order valence-corrected chi connectivity index (χ0v) is 72.4. The predicted molar refractivity (Wildman–Crippen MR) is 532 cm³/mol. The van der Waals surface area contributed by atoms with E-state index in [4.69, 9.17) is 0 Å². The molecule has 0 spiro atoms. The number of rotatable bonds is 11. The summed E-state index contributed by atoms with van der Waals surface area (Å²) in [4.78, 5) is 15.9. The number of hydrogen-bond acceptors (Lipinski definition) is 5. The number of anilines is 3. The summed E-state index contributed by atoms with van der Waals surface area (Å²) in [5.74, 6) is 0. The largest absolute Gasteiger partial charge is 0.311 e. The summed E-state index contributed by atoms with van der Waals surface area (Å²) in [6.45, 7) is 0. The summed E-state index contributed by atoms with van der Waals surface area (Å²) in [7, 11) is 0. The molecule has 1 aliphatic rings. The van der Waals surface area contributed by atoms with Crippen LogP contribution >= 0.6 is 11.3 Å². The van der Waals surface area contributed by atoms with Crippen LogP contribution in [0.2, 0.25) is 0 Å². The molecule has 1 aliphatic carbocycles. The fourth-order valence-electron chi connectivity index (χ4n) is 19.1. The third-order valence-corrected chi connectivity index (χ3v) is 26.0. The van der Waals surface area contributed by atoms with Gasteiger partial charge in [0.2, 0.25) is 0 Å². The van der Waals surface area contributed by atoms with Crippen molar-refractivity contribution in [2.24, 2.45) is 0 Å². The SMILES string of the molecule is [Ir].[c-]1ccccc1-c1ccccn1.c1ccc(-c2ccc(N(c3ccccc3)c3ccc(C4(c5ccccc5)c5ccccc5-c5ccccc54)cc3)cc2)cc1.c1ccc(-c2ccnc3c2ccc2c(-c4ccccc4)ccnc23)cc1.c1ccc2c(c1)sc1c(-c3ccc4c(c3)c3ccccc3n4-c3ccc4c5ccccc5c5ccccc5c4c3)cccc12. The molecule has 25 rings (SSSR count). The average Bonchev–Trinajstić information content (AvgIpc) is 1.54. The van der Waals surface area contributed by atoms with Crippen LogP contribution < -0.4 is 4.90 Å². The number of fused-ring (bicyclic) bond motifs is 18. The zero-order chi connectivity index (χ0) is 83.7. The number of thiophene rings is 1. The summed E-state index contributed by atoms with van der Waals surface area (Å²) in [5, 5.41) is 15.3. The molecule has 0 fully saturated rings. The van der Waals surface area contributed by atoms with E-state index in [-0.39, 0.29) is 20.1 Å². The Bertz CT molecular complexity index is 7900. The Kier molecular flexibility index (Phi) is 21.4. The number of pyridine rings is 3. The summed E-state index contributed by atoms with van der Waals surface area (Å²) in [6, 6.07) is 170. The van der Waals surface area contributed by atoms with Gasteiger partial charge in [-0.3, -0.25) is 9.97 Å². The van der Waals surface area contributed by atoms with Crippen molar-refractivity contribution in [3.8, 4) is 72.6 Å². The maximum Gasteiger partial charge on any atom is 0.0970 e. The van der Waals surface area contributed by atoms with Gasteiger partial charge in [0.1, 0.15) is 0 Å². The Morgan fingerprint density at radius 2 is 0.709 bits per heavy atom. The van der Waals surface area contributed by atoms with Crippen LogP contribution in [0, 0.1) is 6.07 Å². The molecule has 0 saturated carbocycles. The van der Waals surface area contributed by atoms with Crippen LogP contribution in [0.25, 0.3) is 169 Å². The Morgan fingerprint density at radius 1 is 0.260 bits per heavy atom. The normalized spacial score (nSPS) is 11.8. The molecule has 24 aromatic rings. The molecule has 0 N–H and O–H groups in total. The number of hydrogen-bond donors (Lipinski definition) is 0. The van der Waals surface area contributed by atoms with Crippen molar-refractivity contribution >= 4 is 125 Å². The van der Waals surface area contributed by atoms with Gasteiger partial charge in [-0.2, -0.15) is 0 Å². The maximum atomic E-state index is 4.67. The van der Waals surface area contributed by atoms with Crippen LogP contribution in [-0.2, 0) is 25.5 Å². The van der Waals surface area contributed by atoms with Gasteiger partial charge in [0.05, 0.1) is 27.5 Å². The average molecular weight is 1820 g/mol. The van der Waals surface area contributed by atoms with Crippen LogP contribution in [-0.4, -0.2) is 19.5 Å². The van der Waals surface area contributed by atoms with E-state index >= 15 is 0 Å². The summed E-state index contributed by atoms with van der Waals surface area (Å²) in [6.07, 6.45) is 5.54. The number of nitrogens with zero attached hydrogens (tertiary/aromatic N) is 5. The van der Waals surface area contributed by atoms with Crippen LogP contribution in [0.5, 0.6) is 0 Å². The minimum atomic E-state index is -0.401. The van der Waals surface area contributed by atoms with Crippen LogP contribution in [0.3, 0.4) is 0 Å². The van der Waals surface area contributed by atoms with Crippen molar-refractivity contribution in [1.82, 2.24) is 19.5 Å². The molecule has 5 nitrogen and oxygen atoms in total. The molecule has 127 heavy (non-hydrogen) atoms. The molecular formula is C120H80IrN5S-. The van der Waals surface area contributed by atoms with Gasteiger partial charge in [-0.05, 0) is 207 Å². The Balaban J connectivity index is 0.000000111. The number of para-hydroxylation sites is 2. The van der Waals surface area contributed by atoms with Crippen molar-refractivity contribution in [2.45, 2.75) is 5.41 Å². The summed E-state index contributed by atoms with van der Waals surface area (Å²) in [5.41, 5.74) is 28.1. The van der Waals surface area contributed by atoms with Crippen molar-refractivity contribution in [1.29, 1.82) is 0 Å². The molecule has 0 aliphatic heterocycles. The molecule has 7 heteroatoms. The summed E-state index contributed by atoms with van der Waals surface area (Å²) < 4.78 is 5.13. The van der Waals surface area contributed by atoms with Gasteiger partial charge in [0.15, 0.2) is 0 Å². The first-order valence-corrected chi connectivity index (χ1v) is 43.7. The second-order valence-corrected chi connectivity index (χ2v) is 32.9. The van der Waals surface area contributed by atoms with E-state index in [1.165, 1.54) is 158 Å². The van der Waals surface area contributed by atoms with E-state index in [2.05, 4.69) is 443 Å². The topological polar surface area (TPSA) is 46.8 Å². The minimum Gasteiger partial charge on any atom is -0.311 e. The first kappa shape index (κ1) is 78.6. The molecule has 0 unspecified atom stereocenters. The molecule has 5 heterocycles. The third-order valence-electron chi connectivity index (χ3n) is 24.8. The first-order valence-electron chi connectivity index (χ1n) is 42.8. The molecule has 0 amide bonds. The monoisotopic (exact) mass is 1820 g/mol. The minimum absolute atomic E-state index is 0. The zero-order valence-electron chi connectivity index (χ0n) is 69.2. The van der Waals surface area contributed by atoms with E-state index in [1.807, 2.05) is 78.3 Å². The molecular weight excluding hydrogens is 1740 g/mol. The fourth-order valence-corrected chi connectivity index (χ4v) is 20.3. The van der Waals surface area contributed by atoms with Crippen molar-refractivity contribution < 1.29 is 20.1 Å². The standard InChI is InChI=1S/C43H31N.C42H25NS.C24H16N2.C11H8N.Ir/c1-4-14-32(15-5-1)33-24-28-37(29-25-33)44(36-18-8-3-9-19-36)38-30-26-35(27-31-38)43(34-16-6-2-7-17-34)41-22-12-10-20-39(41)40-21-11-13-23-42(40)43;1-2-12-31-29(10-1)30-11-3-4-13-32(30)37-25-27(21-22-33(31)37)43-39-18-7-5-14-34(39)38-24-26(20-23-40(38)43)28-16-9-17-36-35-15-6-8-19-41(35)44-42(28)36;1-3-7-17(8-4-1)19-13-15-25-23-21(19)11-12-22-20(14-16-26-24(22)23)18-9-5-2-6-10-18;1-2-6-10(7-3-1)11-8-4-5-9-12-11;/h1-31H;1-25H;1-16H;1-6,8-9H;/q;;;-1;. The van der Waals surface area contributed by atoms with Gasteiger partial charge in [-0.15, -0.1) is 47.2 Å². The summed E-state index contributed by atoms with van der Waals surface area (Å²) >= 11 is 1.89. The van der Waals surface area contributed by atoms with Crippen LogP contribution in [0.1, 0.15) is 22.3 Å². The molecule has 1 radical (unpaired) electrons. The van der Waals surface area contributed by atoms with E-state index in [1.54, 1.807) is 6.20 Å². The molecule has 601 valence electrons. The van der Waals surface area contributed by atoms with Gasteiger partial charge in [-0.25, -0.2) is 0 Å². The second-order valence-electron chi connectivity index (χ2n) is 31.8. The van der Waals surface area contributed by atoms with Gasteiger partial charge >= 0.3 is 0 Å². The van der Waals surface area contributed by atoms with Crippen LogP contribution in [0.15, 0.2) is 486 Å². The molecule has 0 saturated heterocycles. The quantitative estimate of drug-likeness (QED) is 0.0956. The van der Waals surface area contributed by atoms with E-state index in [0.29, 0.717) is 0 Å². The number of aromatic nitrogens is 4. The van der Waals surface area contributed by atoms with Crippen molar-refractivity contribution in [2.75, 3.05) is 4.90 Å². The maximum absolute atomic E-state index is 4.67. The third kappa shape index (κ3) is 14.5. The predicted octanol–water partition coefficient (Wildman–Crippen LogP) is 32.1.